The molecule has 0 aliphatic carbocycles. The Morgan fingerprint density at radius 3 is 2.53 bits per heavy atom. The Bertz CT molecular complexity index is 1360. The first-order valence-corrected chi connectivity index (χ1v) is 13.6. The molecule has 3 aromatic rings. The van der Waals surface area contributed by atoms with Crippen LogP contribution in [0.4, 0.5) is 5.95 Å². The van der Waals surface area contributed by atoms with Crippen LogP contribution in [0.15, 0.2) is 53.4 Å². The number of carbonyl (C=O) groups excluding carboxylic acids is 1. The van der Waals surface area contributed by atoms with Gasteiger partial charge in [-0.15, -0.1) is 0 Å². The van der Waals surface area contributed by atoms with Gasteiger partial charge in [0.25, 0.3) is 5.91 Å². The smallest absolute Gasteiger partial charge is 0.257 e. The average Bonchev–Trinajstić information content (AvgIpc) is 3.27. The molecular weight excluding hydrogens is 452 g/mol. The molecule has 170 valence electrons. The fourth-order valence-corrected chi connectivity index (χ4v) is 6.80. The van der Waals surface area contributed by atoms with Crippen LogP contribution in [0.25, 0.3) is 11.0 Å². The number of amides is 1. The first-order chi connectivity index (χ1) is 15.2. The number of sulfonamides is 1. The zero-order valence-corrected chi connectivity index (χ0v) is 19.1. The number of nitrogens with one attached hydrogen (secondary N) is 2. The number of imidazole rings is 1. The number of fused-ring (bicyclic) bond motifs is 1. The molecule has 1 saturated heterocycles. The number of aryl methyl sites for hydroxylation is 1. The molecule has 2 heterocycles. The van der Waals surface area contributed by atoms with Crippen molar-refractivity contribution in [2.75, 3.05) is 16.8 Å². The van der Waals surface area contributed by atoms with Crippen molar-refractivity contribution < 1.29 is 21.6 Å². The van der Waals surface area contributed by atoms with E-state index in [-0.39, 0.29) is 28.4 Å². The molecule has 2 N–H and O–H groups in total. The second-order valence-electron chi connectivity index (χ2n) is 7.78. The van der Waals surface area contributed by atoms with Gasteiger partial charge in [0.2, 0.25) is 16.0 Å². The fraction of sp³-hybridized carbons (Fsp3) is 0.333. The summed E-state index contributed by atoms with van der Waals surface area (Å²) in [6, 6.07) is 12.5. The summed E-state index contributed by atoms with van der Waals surface area (Å²) in [5.74, 6) is -0.205. The molecule has 1 fully saturated rings. The Hall–Kier alpha value is -2.76. The van der Waals surface area contributed by atoms with Crippen LogP contribution in [-0.2, 0) is 26.4 Å². The molecule has 0 saturated carbocycles. The first kappa shape index (κ1) is 22.4. The molecule has 1 aliphatic rings. The van der Waals surface area contributed by atoms with Crippen molar-refractivity contribution in [3.8, 4) is 0 Å². The maximum absolute atomic E-state index is 12.8. The molecule has 0 radical (unpaired) electrons. The van der Waals surface area contributed by atoms with Crippen molar-refractivity contribution >= 4 is 42.7 Å². The standard InChI is InChI=1S/C21H24N4O5S2/c1-2-12-25-19-6-4-3-5-18(19)22-21(25)23-20(26)15-7-9-17(10-8-15)32(29,30)24-16-11-13-31(27,28)14-16/h3-10,16,24H,2,11-14H2,1H3,(H,22,23,26). The van der Waals surface area contributed by atoms with Gasteiger partial charge in [-0.25, -0.2) is 26.5 Å². The van der Waals surface area contributed by atoms with E-state index in [1.54, 1.807) is 0 Å². The number of carbonyl (C=O) groups is 1. The van der Waals surface area contributed by atoms with Crippen molar-refractivity contribution in [1.29, 1.82) is 0 Å². The van der Waals surface area contributed by atoms with Crippen molar-refractivity contribution in [3.05, 3.63) is 54.1 Å². The summed E-state index contributed by atoms with van der Waals surface area (Å²) in [5.41, 5.74) is 1.98. The second-order valence-corrected chi connectivity index (χ2v) is 11.7. The van der Waals surface area contributed by atoms with E-state index in [4.69, 9.17) is 0 Å². The number of benzene rings is 2. The van der Waals surface area contributed by atoms with Gasteiger partial charge >= 0.3 is 0 Å². The quantitative estimate of drug-likeness (QED) is 0.538. The van der Waals surface area contributed by atoms with Gasteiger partial charge < -0.3 is 4.57 Å². The minimum Gasteiger partial charge on any atom is -0.310 e. The molecule has 1 aromatic heterocycles. The van der Waals surface area contributed by atoms with Gasteiger partial charge in [0, 0.05) is 18.2 Å². The van der Waals surface area contributed by atoms with Crippen LogP contribution in [0.5, 0.6) is 0 Å². The molecular formula is C21H24N4O5S2. The Labute approximate surface area is 186 Å². The van der Waals surface area contributed by atoms with Crippen LogP contribution in [0.3, 0.4) is 0 Å². The normalized spacial score (nSPS) is 18.1. The number of anilines is 1. The number of hydrogen-bond acceptors (Lipinski definition) is 6. The zero-order chi connectivity index (χ0) is 22.9. The Kier molecular flexibility index (Phi) is 6.06. The topological polar surface area (TPSA) is 127 Å². The molecule has 9 nitrogen and oxygen atoms in total. The minimum atomic E-state index is -3.89. The van der Waals surface area contributed by atoms with Gasteiger partial charge in [0.1, 0.15) is 0 Å². The van der Waals surface area contributed by atoms with Gasteiger partial charge in [-0.3, -0.25) is 10.1 Å². The summed E-state index contributed by atoms with van der Waals surface area (Å²) in [7, 11) is -7.09. The lowest BCUT2D eigenvalue weighted by Gasteiger charge is -2.12. The van der Waals surface area contributed by atoms with E-state index < -0.39 is 31.8 Å². The van der Waals surface area contributed by atoms with Crippen molar-refractivity contribution in [2.45, 2.75) is 37.2 Å². The number of nitrogens with zero attached hydrogens (tertiary/aromatic N) is 2. The summed E-state index contributed by atoms with van der Waals surface area (Å²) < 4.78 is 52.6. The van der Waals surface area contributed by atoms with E-state index in [1.807, 2.05) is 35.8 Å². The lowest BCUT2D eigenvalue weighted by atomic mass is 10.2. The van der Waals surface area contributed by atoms with Gasteiger partial charge in [-0.05, 0) is 49.2 Å². The van der Waals surface area contributed by atoms with E-state index in [1.165, 1.54) is 24.3 Å². The monoisotopic (exact) mass is 476 g/mol. The molecule has 1 amide bonds. The lowest BCUT2D eigenvalue weighted by molar-refractivity contribution is 0.102. The van der Waals surface area contributed by atoms with E-state index in [0.29, 0.717) is 12.5 Å². The molecule has 11 heteroatoms. The first-order valence-electron chi connectivity index (χ1n) is 10.3. The molecule has 1 atom stereocenters. The molecule has 32 heavy (non-hydrogen) atoms. The Morgan fingerprint density at radius 1 is 1.16 bits per heavy atom. The largest absolute Gasteiger partial charge is 0.310 e. The van der Waals surface area contributed by atoms with Crippen molar-refractivity contribution in [1.82, 2.24) is 14.3 Å². The van der Waals surface area contributed by atoms with Gasteiger partial charge in [-0.1, -0.05) is 19.1 Å². The minimum absolute atomic E-state index is 0.0257. The van der Waals surface area contributed by atoms with Crippen LogP contribution >= 0.6 is 0 Å². The highest BCUT2D eigenvalue weighted by molar-refractivity contribution is 7.92. The predicted molar refractivity (Wildman–Crippen MR) is 122 cm³/mol. The maximum atomic E-state index is 12.8. The molecule has 2 aromatic carbocycles. The molecule has 1 aliphatic heterocycles. The van der Waals surface area contributed by atoms with Crippen LogP contribution in [-0.4, -0.2) is 49.8 Å². The molecule has 0 bridgehead atoms. The third kappa shape index (κ3) is 4.69. The van der Waals surface area contributed by atoms with Gasteiger partial charge in [0.15, 0.2) is 9.84 Å². The van der Waals surface area contributed by atoms with E-state index >= 15 is 0 Å². The van der Waals surface area contributed by atoms with Crippen molar-refractivity contribution in [2.24, 2.45) is 0 Å². The number of aromatic nitrogens is 2. The Morgan fingerprint density at radius 2 is 1.88 bits per heavy atom. The Balaban J connectivity index is 1.50. The summed E-state index contributed by atoms with van der Waals surface area (Å²) in [6.07, 6.45) is 1.12. The van der Waals surface area contributed by atoms with E-state index in [9.17, 15) is 21.6 Å². The fourth-order valence-electron chi connectivity index (χ4n) is 3.76. The summed E-state index contributed by atoms with van der Waals surface area (Å²) in [5, 5.41) is 2.81. The van der Waals surface area contributed by atoms with Crippen LogP contribution in [0.2, 0.25) is 0 Å². The third-order valence-corrected chi connectivity index (χ3v) is 8.61. The van der Waals surface area contributed by atoms with E-state index in [2.05, 4.69) is 15.0 Å². The van der Waals surface area contributed by atoms with Gasteiger partial charge in [-0.2, -0.15) is 0 Å². The summed E-state index contributed by atoms with van der Waals surface area (Å²) in [6.45, 7) is 2.73. The van der Waals surface area contributed by atoms with Crippen LogP contribution in [0.1, 0.15) is 30.1 Å². The molecule has 4 rings (SSSR count). The SMILES string of the molecule is CCCn1c(NC(=O)c2ccc(S(=O)(=O)NC3CCS(=O)(=O)C3)cc2)nc2ccccc21. The maximum Gasteiger partial charge on any atom is 0.257 e. The van der Waals surface area contributed by atoms with Crippen molar-refractivity contribution in [3.63, 3.8) is 0 Å². The number of sulfone groups is 1. The summed E-state index contributed by atoms with van der Waals surface area (Å²) in [4.78, 5) is 17.2. The second kappa shape index (κ2) is 8.64. The highest BCUT2D eigenvalue weighted by Crippen LogP contribution is 2.21. The van der Waals surface area contributed by atoms with Gasteiger partial charge in [0.05, 0.1) is 27.4 Å². The molecule has 1 unspecified atom stereocenters. The number of rotatable bonds is 7. The molecule has 0 spiro atoms. The summed E-state index contributed by atoms with van der Waals surface area (Å²) >= 11 is 0. The van der Waals surface area contributed by atoms with E-state index in [0.717, 1.165) is 17.5 Å². The van der Waals surface area contributed by atoms with Crippen LogP contribution < -0.4 is 10.0 Å². The van der Waals surface area contributed by atoms with Crippen LogP contribution in [0, 0.1) is 0 Å². The average molecular weight is 477 g/mol. The number of hydrogen-bond donors (Lipinski definition) is 2. The predicted octanol–water partition coefficient (Wildman–Crippen LogP) is 2.16. The highest BCUT2D eigenvalue weighted by Gasteiger charge is 2.31. The zero-order valence-electron chi connectivity index (χ0n) is 17.5. The third-order valence-electron chi connectivity index (χ3n) is 5.31. The number of para-hydroxylation sites is 2. The lowest BCUT2D eigenvalue weighted by Crippen LogP contribution is -2.35. The highest BCUT2D eigenvalue weighted by atomic mass is 32.2.